The molecule has 0 unspecified atom stereocenters. The van der Waals surface area contributed by atoms with E-state index in [0.29, 0.717) is 36.4 Å². The Kier molecular flexibility index (Phi) is 11.1. The monoisotopic (exact) mass is 579 g/mol. The number of anilines is 2. The molecule has 2 aromatic rings. The molecular formula is C32H42FN5O4. The number of carbonyl (C=O) groups is 4. The van der Waals surface area contributed by atoms with Crippen molar-refractivity contribution in [3.8, 4) is 0 Å². The number of nitrogens with one attached hydrogen (secondary N) is 1. The first kappa shape index (κ1) is 31.2. The van der Waals surface area contributed by atoms with E-state index in [2.05, 4.69) is 38.2 Å². The largest absolute Gasteiger partial charge is 0.369 e. The molecule has 226 valence electrons. The molecule has 0 bridgehead atoms. The normalized spacial score (nSPS) is 17.0. The van der Waals surface area contributed by atoms with Crippen molar-refractivity contribution in [2.75, 3.05) is 62.7 Å². The van der Waals surface area contributed by atoms with Crippen LogP contribution in [0.5, 0.6) is 0 Å². The van der Waals surface area contributed by atoms with Crippen molar-refractivity contribution in [3.05, 3.63) is 58.9 Å². The molecule has 2 aliphatic rings. The smallest absolute Gasteiger partial charge is 0.242 e. The summed E-state index contributed by atoms with van der Waals surface area (Å²) in [5.41, 5.74) is 4.05. The summed E-state index contributed by atoms with van der Waals surface area (Å²) in [6, 6.07) is 10.3. The molecule has 2 saturated heterocycles. The first-order chi connectivity index (χ1) is 20.4. The molecule has 2 heterocycles. The van der Waals surface area contributed by atoms with E-state index in [1.54, 1.807) is 12.1 Å². The van der Waals surface area contributed by atoms with Crippen molar-refractivity contribution in [1.82, 2.24) is 15.1 Å². The first-order valence-electron chi connectivity index (χ1n) is 14.8. The Hall–Kier alpha value is -3.79. The van der Waals surface area contributed by atoms with E-state index >= 15 is 0 Å². The lowest BCUT2D eigenvalue weighted by Crippen LogP contribution is -2.49. The van der Waals surface area contributed by atoms with Crippen LogP contribution in [-0.4, -0.2) is 93.6 Å². The number of aldehydes is 2. The number of carbonyl (C=O) groups excluding carboxylic acids is 4. The van der Waals surface area contributed by atoms with Crippen LogP contribution in [0.15, 0.2) is 36.4 Å². The number of piperazine rings is 1. The van der Waals surface area contributed by atoms with Crippen LogP contribution < -0.4 is 15.1 Å². The Morgan fingerprint density at radius 1 is 1.02 bits per heavy atom. The summed E-state index contributed by atoms with van der Waals surface area (Å²) in [5, 5.41) is 2.60. The summed E-state index contributed by atoms with van der Waals surface area (Å²) in [6.07, 6.45) is 4.64. The summed E-state index contributed by atoms with van der Waals surface area (Å²) in [7, 11) is 1.53. The Morgan fingerprint density at radius 3 is 2.38 bits per heavy atom. The number of amides is 2. The molecule has 2 aromatic carbocycles. The molecule has 10 heteroatoms. The van der Waals surface area contributed by atoms with Gasteiger partial charge >= 0.3 is 0 Å². The maximum atomic E-state index is 14.5. The van der Waals surface area contributed by atoms with Gasteiger partial charge in [0.15, 0.2) is 0 Å². The highest BCUT2D eigenvalue weighted by molar-refractivity contribution is 5.83. The van der Waals surface area contributed by atoms with Gasteiger partial charge in [0, 0.05) is 77.1 Å². The third-order valence-corrected chi connectivity index (χ3v) is 8.65. The van der Waals surface area contributed by atoms with Gasteiger partial charge in [-0.3, -0.25) is 19.3 Å². The lowest BCUT2D eigenvalue weighted by atomic mass is 9.95. The fourth-order valence-electron chi connectivity index (χ4n) is 6.05. The molecule has 2 fully saturated rings. The molecule has 9 nitrogen and oxygen atoms in total. The number of aryl methyl sites for hydroxylation is 1. The zero-order chi connectivity index (χ0) is 30.1. The van der Waals surface area contributed by atoms with Crippen molar-refractivity contribution >= 4 is 36.3 Å². The van der Waals surface area contributed by atoms with Crippen LogP contribution in [0.25, 0.3) is 0 Å². The zero-order valence-electron chi connectivity index (χ0n) is 24.6. The highest BCUT2D eigenvalue weighted by Crippen LogP contribution is 2.28. The van der Waals surface area contributed by atoms with Crippen LogP contribution in [0.4, 0.5) is 15.8 Å². The van der Waals surface area contributed by atoms with Crippen molar-refractivity contribution in [2.24, 2.45) is 5.92 Å². The molecule has 4 rings (SSSR count). The molecule has 0 spiro atoms. The Balaban J connectivity index is 1.29. The van der Waals surface area contributed by atoms with Gasteiger partial charge in [-0.25, -0.2) is 4.39 Å². The molecule has 0 radical (unpaired) electrons. The average molecular weight is 580 g/mol. The third-order valence-electron chi connectivity index (χ3n) is 8.65. The second-order valence-electron chi connectivity index (χ2n) is 11.3. The van der Waals surface area contributed by atoms with E-state index in [9.17, 15) is 23.6 Å². The predicted molar refractivity (Wildman–Crippen MR) is 161 cm³/mol. The summed E-state index contributed by atoms with van der Waals surface area (Å²) >= 11 is 0. The van der Waals surface area contributed by atoms with E-state index < -0.39 is 6.04 Å². The predicted octanol–water partition coefficient (Wildman–Crippen LogP) is 3.04. The van der Waals surface area contributed by atoms with Crippen LogP contribution >= 0.6 is 0 Å². The van der Waals surface area contributed by atoms with E-state index in [4.69, 9.17) is 0 Å². The fraction of sp³-hybridized carbons (Fsp3) is 0.500. The molecule has 42 heavy (non-hydrogen) atoms. The minimum atomic E-state index is -0.696. The third kappa shape index (κ3) is 7.73. The van der Waals surface area contributed by atoms with Crippen LogP contribution in [-0.2, 0) is 20.9 Å². The fourth-order valence-corrected chi connectivity index (χ4v) is 6.05. The Labute approximate surface area is 247 Å². The van der Waals surface area contributed by atoms with Gasteiger partial charge in [0.2, 0.25) is 12.3 Å². The number of nitrogens with zero attached hydrogens (tertiary/aromatic N) is 4. The Bertz CT molecular complexity index is 1240. The molecular weight excluding hydrogens is 537 g/mol. The van der Waals surface area contributed by atoms with Gasteiger partial charge in [-0.05, 0) is 73.6 Å². The summed E-state index contributed by atoms with van der Waals surface area (Å²) < 4.78 is 14.5. The van der Waals surface area contributed by atoms with Crippen LogP contribution in [0.1, 0.15) is 47.2 Å². The van der Waals surface area contributed by atoms with Crippen molar-refractivity contribution in [1.29, 1.82) is 0 Å². The van der Waals surface area contributed by atoms with Gasteiger partial charge in [0.25, 0.3) is 0 Å². The average Bonchev–Trinajstić information content (AvgIpc) is 3.02. The Morgan fingerprint density at radius 2 is 1.76 bits per heavy atom. The SMILES string of the molecule is CNC(=O)[C@H](CCC=O)N(C=O)Cc1cc(N2CCN(CC3CCN(c4ccc(C=O)cc4F)CC3)CC2)ccc1C. The highest BCUT2D eigenvalue weighted by atomic mass is 19.1. The topological polar surface area (TPSA) is 93.3 Å². The van der Waals surface area contributed by atoms with Gasteiger partial charge in [-0.2, -0.15) is 0 Å². The first-order valence-corrected chi connectivity index (χ1v) is 14.8. The molecule has 0 aliphatic carbocycles. The minimum absolute atomic E-state index is 0.208. The van der Waals surface area contributed by atoms with Crippen LogP contribution in [0.2, 0.25) is 0 Å². The standard InChI is InChI=1S/C32H42FN5O4/c1-24-5-7-28(19-27(24)21-38(23-41)31(4-3-17-39)32(42)34-2)36-15-13-35(14-16-36)20-25-9-11-37(12-10-25)30-8-6-26(22-40)18-29(30)33/h5-8,17-19,22-23,25,31H,3-4,9-16,20-21H2,1-2H3,(H,34,42)/t31-/m0/s1. The van der Waals surface area contributed by atoms with E-state index in [1.807, 2.05) is 6.92 Å². The summed E-state index contributed by atoms with van der Waals surface area (Å²) in [5.74, 6) is -0.0469. The number of piperidine rings is 1. The van der Waals surface area contributed by atoms with Crippen molar-refractivity contribution in [3.63, 3.8) is 0 Å². The number of hydrogen-bond acceptors (Lipinski definition) is 7. The highest BCUT2D eigenvalue weighted by Gasteiger charge is 2.27. The minimum Gasteiger partial charge on any atom is -0.369 e. The molecule has 0 aromatic heterocycles. The van der Waals surface area contributed by atoms with Crippen molar-refractivity contribution in [2.45, 2.75) is 45.2 Å². The lowest BCUT2D eigenvalue weighted by Gasteiger charge is -2.40. The van der Waals surface area contributed by atoms with Crippen LogP contribution in [0, 0.1) is 18.7 Å². The van der Waals surface area contributed by atoms with Gasteiger partial charge < -0.3 is 24.8 Å². The van der Waals surface area contributed by atoms with Gasteiger partial charge in [0.1, 0.15) is 24.4 Å². The zero-order valence-corrected chi connectivity index (χ0v) is 24.6. The second kappa shape index (κ2) is 14.9. The molecule has 1 atom stereocenters. The summed E-state index contributed by atoms with van der Waals surface area (Å²) in [6.45, 7) is 8.64. The van der Waals surface area contributed by atoms with E-state index in [0.717, 1.165) is 81.8 Å². The maximum Gasteiger partial charge on any atom is 0.242 e. The molecule has 2 amide bonds. The lowest BCUT2D eigenvalue weighted by molar-refractivity contribution is -0.133. The van der Waals surface area contributed by atoms with Gasteiger partial charge in [0.05, 0.1) is 5.69 Å². The number of benzene rings is 2. The molecule has 0 saturated carbocycles. The number of rotatable bonds is 13. The molecule has 1 N–H and O–H groups in total. The quantitative estimate of drug-likeness (QED) is 0.365. The van der Waals surface area contributed by atoms with Crippen molar-refractivity contribution < 1.29 is 23.6 Å². The summed E-state index contributed by atoms with van der Waals surface area (Å²) in [4.78, 5) is 54.7. The number of hydrogen-bond donors (Lipinski definition) is 1. The van der Waals surface area contributed by atoms with E-state index in [1.165, 1.54) is 18.0 Å². The van der Waals surface area contributed by atoms with Crippen LogP contribution in [0.3, 0.4) is 0 Å². The molecule has 2 aliphatic heterocycles. The second-order valence-corrected chi connectivity index (χ2v) is 11.3. The van der Waals surface area contributed by atoms with Gasteiger partial charge in [-0.15, -0.1) is 0 Å². The van der Waals surface area contributed by atoms with E-state index in [-0.39, 0.29) is 24.6 Å². The maximum absolute atomic E-state index is 14.5. The van der Waals surface area contributed by atoms with Gasteiger partial charge in [-0.1, -0.05) is 6.07 Å². The number of halogens is 1. The number of likely N-dealkylation sites (N-methyl/N-ethyl adjacent to an activating group) is 1.